The molecule has 22 heavy (non-hydrogen) atoms. The predicted molar refractivity (Wildman–Crippen MR) is 84.9 cm³/mol. The second-order valence-corrected chi connectivity index (χ2v) is 6.77. The lowest BCUT2D eigenvalue weighted by molar-refractivity contribution is -0.123. The molecule has 0 unspecified atom stereocenters. The third-order valence-electron chi connectivity index (χ3n) is 4.16. The number of rotatable bonds is 4. The molecular weight excluding hydrogens is 302 g/mol. The molecular formula is C15H19N3O3S. The minimum absolute atomic E-state index is 0.0757. The number of aromatic nitrogens is 2. The fourth-order valence-corrected chi connectivity index (χ4v) is 3.59. The van der Waals surface area contributed by atoms with Crippen LogP contribution in [0.2, 0.25) is 0 Å². The maximum absolute atomic E-state index is 12.2. The van der Waals surface area contributed by atoms with Gasteiger partial charge in [-0.25, -0.2) is 4.98 Å². The van der Waals surface area contributed by atoms with Gasteiger partial charge in [-0.3, -0.25) is 14.2 Å². The molecule has 2 aromatic heterocycles. The fraction of sp³-hybridized carbons (Fsp3) is 0.533. The maximum atomic E-state index is 12.2. The number of hydrogen-bond donors (Lipinski definition) is 2. The van der Waals surface area contributed by atoms with Gasteiger partial charge in [-0.05, 0) is 24.3 Å². The Hall–Kier alpha value is -1.73. The van der Waals surface area contributed by atoms with Crippen molar-refractivity contribution in [1.82, 2.24) is 14.9 Å². The van der Waals surface area contributed by atoms with E-state index in [0.29, 0.717) is 10.2 Å². The molecule has 0 atom stereocenters. The molecule has 3 rings (SSSR count). The second-order valence-electron chi connectivity index (χ2n) is 5.88. The Labute approximate surface area is 131 Å². The smallest absolute Gasteiger partial charge is 0.262 e. The Bertz CT molecular complexity index is 731. The number of nitrogens with one attached hydrogen (secondary N) is 1. The zero-order valence-electron chi connectivity index (χ0n) is 12.2. The van der Waals surface area contributed by atoms with E-state index in [1.54, 1.807) is 6.07 Å². The van der Waals surface area contributed by atoms with E-state index in [0.717, 1.165) is 32.1 Å². The highest BCUT2D eigenvalue weighted by atomic mass is 32.1. The average Bonchev–Trinajstić information content (AvgIpc) is 2.98. The van der Waals surface area contributed by atoms with Crippen LogP contribution < -0.4 is 10.9 Å². The third-order valence-corrected chi connectivity index (χ3v) is 4.98. The van der Waals surface area contributed by atoms with E-state index in [1.165, 1.54) is 22.2 Å². The maximum Gasteiger partial charge on any atom is 0.262 e. The van der Waals surface area contributed by atoms with E-state index in [9.17, 15) is 14.7 Å². The van der Waals surface area contributed by atoms with E-state index in [1.807, 2.05) is 5.38 Å². The van der Waals surface area contributed by atoms with Gasteiger partial charge in [-0.15, -0.1) is 11.3 Å². The molecule has 7 heteroatoms. The number of amides is 1. The molecule has 1 amide bonds. The molecule has 118 valence electrons. The van der Waals surface area contributed by atoms with Crippen LogP contribution in [0, 0.1) is 0 Å². The zero-order valence-corrected chi connectivity index (χ0v) is 13.1. The Kier molecular flexibility index (Phi) is 4.26. The molecule has 2 heterocycles. The van der Waals surface area contributed by atoms with Crippen molar-refractivity contribution in [2.24, 2.45) is 0 Å². The van der Waals surface area contributed by atoms with Crippen LogP contribution in [0.5, 0.6) is 0 Å². The van der Waals surface area contributed by atoms with Gasteiger partial charge in [0.15, 0.2) is 0 Å². The van der Waals surface area contributed by atoms with Gasteiger partial charge in [0.05, 0.1) is 17.3 Å². The quantitative estimate of drug-likeness (QED) is 0.888. The summed E-state index contributed by atoms with van der Waals surface area (Å²) in [6.07, 6.45) is 5.95. The molecule has 0 bridgehead atoms. The summed E-state index contributed by atoms with van der Waals surface area (Å²) in [5, 5.41) is 15.4. The molecule has 0 radical (unpaired) electrons. The monoisotopic (exact) mass is 321 g/mol. The highest BCUT2D eigenvalue weighted by Crippen LogP contribution is 2.27. The molecule has 1 aliphatic rings. The summed E-state index contributed by atoms with van der Waals surface area (Å²) in [6.45, 7) is 0.169. The standard InChI is InChI=1S/C15H19N3O3S/c19-12(16-9-15(21)5-2-1-3-6-15)8-18-10-17-13-11(14(18)20)4-7-22-13/h4,7,10,21H,1-3,5-6,8-9H2,(H,16,19). The minimum Gasteiger partial charge on any atom is -0.388 e. The summed E-state index contributed by atoms with van der Waals surface area (Å²) in [7, 11) is 0. The molecule has 0 aromatic carbocycles. The Balaban J connectivity index is 1.63. The van der Waals surface area contributed by atoms with Gasteiger partial charge in [0.1, 0.15) is 11.4 Å². The van der Waals surface area contributed by atoms with Crippen LogP contribution in [-0.4, -0.2) is 32.7 Å². The van der Waals surface area contributed by atoms with Crippen molar-refractivity contribution in [2.75, 3.05) is 6.54 Å². The van der Waals surface area contributed by atoms with Gasteiger partial charge < -0.3 is 10.4 Å². The molecule has 0 saturated heterocycles. The van der Waals surface area contributed by atoms with E-state index in [2.05, 4.69) is 10.3 Å². The summed E-state index contributed by atoms with van der Waals surface area (Å²) >= 11 is 1.40. The first-order valence-corrected chi connectivity index (χ1v) is 8.37. The first-order valence-electron chi connectivity index (χ1n) is 7.49. The van der Waals surface area contributed by atoms with Gasteiger partial charge in [0.2, 0.25) is 5.91 Å². The second kappa shape index (κ2) is 6.18. The van der Waals surface area contributed by atoms with Crippen LogP contribution in [-0.2, 0) is 11.3 Å². The van der Waals surface area contributed by atoms with Crippen molar-refractivity contribution in [3.05, 3.63) is 28.1 Å². The molecule has 2 aromatic rings. The topological polar surface area (TPSA) is 84.2 Å². The van der Waals surface area contributed by atoms with E-state index >= 15 is 0 Å². The summed E-state index contributed by atoms with van der Waals surface area (Å²) in [4.78, 5) is 29.1. The number of nitrogens with zero attached hydrogens (tertiary/aromatic N) is 2. The molecule has 1 aliphatic carbocycles. The Morgan fingerprint density at radius 1 is 1.41 bits per heavy atom. The van der Waals surface area contributed by atoms with Crippen LogP contribution in [0.25, 0.3) is 10.2 Å². The van der Waals surface area contributed by atoms with E-state index < -0.39 is 5.60 Å². The largest absolute Gasteiger partial charge is 0.388 e. The molecule has 0 aliphatic heterocycles. The summed E-state index contributed by atoms with van der Waals surface area (Å²) in [6, 6.07) is 1.72. The number of aliphatic hydroxyl groups is 1. The lowest BCUT2D eigenvalue weighted by atomic mass is 9.85. The number of fused-ring (bicyclic) bond motifs is 1. The number of carbonyl (C=O) groups is 1. The highest BCUT2D eigenvalue weighted by Gasteiger charge is 2.29. The van der Waals surface area contributed by atoms with Crippen molar-refractivity contribution in [1.29, 1.82) is 0 Å². The molecule has 1 fully saturated rings. The van der Waals surface area contributed by atoms with E-state index in [-0.39, 0.29) is 24.6 Å². The van der Waals surface area contributed by atoms with Crippen molar-refractivity contribution in [3.63, 3.8) is 0 Å². The van der Waals surface area contributed by atoms with Gasteiger partial charge in [-0.1, -0.05) is 19.3 Å². The Morgan fingerprint density at radius 3 is 2.95 bits per heavy atom. The Morgan fingerprint density at radius 2 is 2.18 bits per heavy atom. The molecule has 1 saturated carbocycles. The van der Waals surface area contributed by atoms with Gasteiger partial charge in [0, 0.05) is 6.54 Å². The highest BCUT2D eigenvalue weighted by molar-refractivity contribution is 7.16. The summed E-state index contributed by atoms with van der Waals surface area (Å²) in [5.41, 5.74) is -1.01. The normalized spacial score (nSPS) is 17.5. The van der Waals surface area contributed by atoms with Crippen LogP contribution in [0.3, 0.4) is 0 Å². The molecule has 6 nitrogen and oxygen atoms in total. The summed E-state index contributed by atoms with van der Waals surface area (Å²) in [5.74, 6) is -0.280. The van der Waals surface area contributed by atoms with Crippen LogP contribution in [0.15, 0.2) is 22.6 Å². The van der Waals surface area contributed by atoms with Gasteiger partial charge in [0.25, 0.3) is 5.56 Å². The molecule has 0 spiro atoms. The predicted octanol–water partition coefficient (Wildman–Crippen LogP) is 1.27. The minimum atomic E-state index is -0.797. The van der Waals surface area contributed by atoms with Crippen LogP contribution in [0.4, 0.5) is 0 Å². The van der Waals surface area contributed by atoms with Crippen molar-refractivity contribution in [2.45, 2.75) is 44.2 Å². The van der Waals surface area contributed by atoms with Crippen molar-refractivity contribution < 1.29 is 9.90 Å². The van der Waals surface area contributed by atoms with Crippen molar-refractivity contribution in [3.8, 4) is 0 Å². The van der Waals surface area contributed by atoms with E-state index in [4.69, 9.17) is 0 Å². The number of hydrogen-bond acceptors (Lipinski definition) is 5. The van der Waals surface area contributed by atoms with Gasteiger partial charge in [-0.2, -0.15) is 0 Å². The number of carbonyl (C=O) groups excluding carboxylic acids is 1. The lowest BCUT2D eigenvalue weighted by Crippen LogP contribution is -2.45. The first-order chi connectivity index (χ1) is 10.6. The molecule has 2 N–H and O–H groups in total. The SMILES string of the molecule is O=C(Cn1cnc2sccc2c1=O)NCC1(O)CCCCC1. The zero-order chi connectivity index (χ0) is 15.6. The van der Waals surface area contributed by atoms with Crippen LogP contribution >= 0.6 is 11.3 Å². The lowest BCUT2D eigenvalue weighted by Gasteiger charge is -2.32. The van der Waals surface area contributed by atoms with Crippen molar-refractivity contribution >= 4 is 27.5 Å². The fourth-order valence-electron chi connectivity index (χ4n) is 2.87. The third kappa shape index (κ3) is 3.20. The summed E-state index contributed by atoms with van der Waals surface area (Å²) < 4.78 is 1.30. The first kappa shape index (κ1) is 15.2. The average molecular weight is 321 g/mol. The van der Waals surface area contributed by atoms with Crippen LogP contribution in [0.1, 0.15) is 32.1 Å². The van der Waals surface area contributed by atoms with Gasteiger partial charge >= 0.3 is 0 Å². The number of thiophene rings is 1.